The SMILES string of the molecule is CCN1CCC(Nc2ccnc3cc(Br)cnc23)CC1. The third-order valence-corrected chi connectivity index (χ3v) is 4.37. The van der Waals surface area contributed by atoms with Crippen LogP contribution in [0.5, 0.6) is 0 Å². The van der Waals surface area contributed by atoms with Gasteiger partial charge in [-0.3, -0.25) is 9.97 Å². The highest BCUT2D eigenvalue weighted by Crippen LogP contribution is 2.24. The van der Waals surface area contributed by atoms with Gasteiger partial charge in [-0.15, -0.1) is 0 Å². The molecular weight excluding hydrogens is 316 g/mol. The van der Waals surface area contributed by atoms with Crippen LogP contribution in [0.15, 0.2) is 29.0 Å². The molecule has 1 fully saturated rings. The van der Waals surface area contributed by atoms with Crippen molar-refractivity contribution in [2.45, 2.75) is 25.8 Å². The van der Waals surface area contributed by atoms with Crippen molar-refractivity contribution in [3.8, 4) is 0 Å². The van der Waals surface area contributed by atoms with Crippen molar-refractivity contribution in [1.29, 1.82) is 0 Å². The van der Waals surface area contributed by atoms with E-state index in [1.54, 1.807) is 0 Å². The zero-order chi connectivity index (χ0) is 13.9. The first-order valence-electron chi connectivity index (χ1n) is 7.15. The van der Waals surface area contributed by atoms with Gasteiger partial charge in [-0.1, -0.05) is 6.92 Å². The zero-order valence-electron chi connectivity index (χ0n) is 11.6. The maximum Gasteiger partial charge on any atom is 0.112 e. The van der Waals surface area contributed by atoms with Crippen molar-refractivity contribution in [3.05, 3.63) is 29.0 Å². The van der Waals surface area contributed by atoms with Crippen LogP contribution in [-0.4, -0.2) is 40.5 Å². The Morgan fingerprint density at radius 2 is 2.15 bits per heavy atom. The van der Waals surface area contributed by atoms with Crippen LogP contribution in [0.4, 0.5) is 5.69 Å². The number of pyridine rings is 2. The third-order valence-electron chi connectivity index (χ3n) is 3.94. The lowest BCUT2D eigenvalue weighted by Crippen LogP contribution is -2.38. The number of fused-ring (bicyclic) bond motifs is 1. The van der Waals surface area contributed by atoms with Gasteiger partial charge in [0, 0.05) is 36.0 Å². The first kappa shape index (κ1) is 13.8. The summed E-state index contributed by atoms with van der Waals surface area (Å²) in [6.45, 7) is 5.73. The van der Waals surface area contributed by atoms with Crippen molar-refractivity contribution >= 4 is 32.7 Å². The van der Waals surface area contributed by atoms with Crippen molar-refractivity contribution < 1.29 is 0 Å². The van der Waals surface area contributed by atoms with Gasteiger partial charge in [-0.2, -0.15) is 0 Å². The number of nitrogens with one attached hydrogen (secondary N) is 1. The van der Waals surface area contributed by atoms with Crippen LogP contribution in [0.2, 0.25) is 0 Å². The van der Waals surface area contributed by atoms with Gasteiger partial charge < -0.3 is 10.2 Å². The normalized spacial score (nSPS) is 17.5. The van der Waals surface area contributed by atoms with Gasteiger partial charge in [-0.25, -0.2) is 0 Å². The Kier molecular flexibility index (Phi) is 4.17. The molecule has 0 radical (unpaired) electrons. The van der Waals surface area contributed by atoms with Crippen LogP contribution in [-0.2, 0) is 0 Å². The Labute approximate surface area is 127 Å². The predicted molar refractivity (Wildman–Crippen MR) is 86.0 cm³/mol. The fraction of sp³-hybridized carbons (Fsp3) is 0.467. The second-order valence-electron chi connectivity index (χ2n) is 5.23. The Hall–Kier alpha value is -1.20. The highest BCUT2D eigenvalue weighted by Gasteiger charge is 2.18. The highest BCUT2D eigenvalue weighted by atomic mass is 79.9. The van der Waals surface area contributed by atoms with E-state index in [1.807, 2.05) is 24.5 Å². The van der Waals surface area contributed by atoms with Crippen LogP contribution in [0.1, 0.15) is 19.8 Å². The minimum Gasteiger partial charge on any atom is -0.380 e. The van der Waals surface area contributed by atoms with E-state index < -0.39 is 0 Å². The smallest absolute Gasteiger partial charge is 0.112 e. The van der Waals surface area contributed by atoms with Gasteiger partial charge in [0.15, 0.2) is 0 Å². The van der Waals surface area contributed by atoms with E-state index in [9.17, 15) is 0 Å². The molecule has 1 N–H and O–H groups in total. The second kappa shape index (κ2) is 6.06. The summed E-state index contributed by atoms with van der Waals surface area (Å²) in [7, 11) is 0. The molecule has 1 aliphatic heterocycles. The average Bonchev–Trinajstić information content (AvgIpc) is 2.48. The highest BCUT2D eigenvalue weighted by molar-refractivity contribution is 9.10. The van der Waals surface area contributed by atoms with Gasteiger partial charge in [0.25, 0.3) is 0 Å². The Morgan fingerprint density at radius 1 is 1.35 bits per heavy atom. The maximum atomic E-state index is 4.50. The lowest BCUT2D eigenvalue weighted by atomic mass is 10.0. The van der Waals surface area contributed by atoms with Gasteiger partial charge in [0.05, 0.1) is 11.2 Å². The molecule has 0 aromatic carbocycles. The number of rotatable bonds is 3. The van der Waals surface area contributed by atoms with Gasteiger partial charge in [-0.05, 0) is 47.4 Å². The van der Waals surface area contributed by atoms with Crippen molar-refractivity contribution in [2.24, 2.45) is 0 Å². The summed E-state index contributed by atoms with van der Waals surface area (Å²) in [6.07, 6.45) is 6.05. The molecule has 5 heteroatoms. The van der Waals surface area contributed by atoms with E-state index in [0.717, 1.165) is 27.7 Å². The summed E-state index contributed by atoms with van der Waals surface area (Å²) in [5.74, 6) is 0. The number of anilines is 1. The summed E-state index contributed by atoms with van der Waals surface area (Å²) in [6, 6.07) is 4.57. The topological polar surface area (TPSA) is 41.0 Å². The largest absolute Gasteiger partial charge is 0.380 e. The Morgan fingerprint density at radius 3 is 2.90 bits per heavy atom. The predicted octanol–water partition coefficient (Wildman–Crippen LogP) is 3.29. The van der Waals surface area contributed by atoms with E-state index in [1.165, 1.54) is 25.9 Å². The lowest BCUT2D eigenvalue weighted by molar-refractivity contribution is 0.229. The second-order valence-corrected chi connectivity index (χ2v) is 6.15. The molecule has 1 aliphatic rings. The molecule has 0 amide bonds. The number of hydrogen-bond donors (Lipinski definition) is 1. The lowest BCUT2D eigenvalue weighted by Gasteiger charge is -2.32. The number of likely N-dealkylation sites (tertiary alicyclic amines) is 1. The van der Waals surface area contributed by atoms with Crippen LogP contribution in [0.25, 0.3) is 11.0 Å². The van der Waals surface area contributed by atoms with Crippen molar-refractivity contribution in [3.63, 3.8) is 0 Å². The molecule has 4 nitrogen and oxygen atoms in total. The monoisotopic (exact) mass is 334 g/mol. The molecule has 0 spiro atoms. The van der Waals surface area contributed by atoms with Gasteiger partial charge in [0.1, 0.15) is 5.52 Å². The summed E-state index contributed by atoms with van der Waals surface area (Å²) in [4.78, 5) is 11.4. The first-order chi connectivity index (χ1) is 9.76. The maximum absolute atomic E-state index is 4.50. The molecule has 3 rings (SSSR count). The molecule has 1 saturated heterocycles. The molecule has 0 atom stereocenters. The molecular formula is C15H19BrN4. The zero-order valence-corrected chi connectivity index (χ0v) is 13.2. The minimum absolute atomic E-state index is 0.536. The molecule has 2 aromatic heterocycles. The fourth-order valence-corrected chi connectivity index (χ4v) is 3.05. The van der Waals surface area contributed by atoms with Crippen LogP contribution < -0.4 is 5.32 Å². The number of piperidine rings is 1. The molecule has 0 saturated carbocycles. The van der Waals surface area contributed by atoms with Crippen LogP contribution in [0.3, 0.4) is 0 Å². The van der Waals surface area contributed by atoms with Gasteiger partial charge >= 0.3 is 0 Å². The Bertz CT molecular complexity index is 593. The first-order valence-corrected chi connectivity index (χ1v) is 7.94. The van der Waals surface area contributed by atoms with Crippen molar-refractivity contribution in [1.82, 2.24) is 14.9 Å². The molecule has 0 bridgehead atoms. The molecule has 0 unspecified atom stereocenters. The molecule has 20 heavy (non-hydrogen) atoms. The molecule has 0 aliphatic carbocycles. The molecule has 2 aromatic rings. The number of aromatic nitrogens is 2. The van der Waals surface area contributed by atoms with Crippen molar-refractivity contribution in [2.75, 3.05) is 25.0 Å². The third kappa shape index (κ3) is 2.94. The van der Waals surface area contributed by atoms with E-state index >= 15 is 0 Å². The Balaban J connectivity index is 1.78. The quantitative estimate of drug-likeness (QED) is 0.935. The van der Waals surface area contributed by atoms with Gasteiger partial charge in [0.2, 0.25) is 0 Å². The van der Waals surface area contributed by atoms with Crippen LogP contribution in [0, 0.1) is 0 Å². The van der Waals surface area contributed by atoms with E-state index in [0.29, 0.717) is 6.04 Å². The number of nitrogens with zero attached hydrogens (tertiary/aromatic N) is 3. The summed E-state index contributed by atoms with van der Waals surface area (Å²) in [5.41, 5.74) is 2.97. The standard InChI is InChI=1S/C15H19BrN4/c1-2-20-7-4-12(5-8-20)19-13-3-6-17-14-9-11(16)10-18-15(13)14/h3,6,9-10,12H,2,4-5,7-8H2,1H3,(H,17,19). The van der Waals surface area contributed by atoms with E-state index in [4.69, 9.17) is 0 Å². The summed E-state index contributed by atoms with van der Waals surface area (Å²) < 4.78 is 0.964. The number of halogens is 1. The van der Waals surface area contributed by atoms with E-state index in [-0.39, 0.29) is 0 Å². The van der Waals surface area contributed by atoms with E-state index in [2.05, 4.69) is 43.0 Å². The number of hydrogen-bond acceptors (Lipinski definition) is 4. The molecule has 3 heterocycles. The summed E-state index contributed by atoms with van der Waals surface area (Å²) in [5, 5.41) is 3.64. The van der Waals surface area contributed by atoms with Crippen LogP contribution >= 0.6 is 15.9 Å². The minimum atomic E-state index is 0.536. The molecule has 106 valence electrons. The summed E-state index contributed by atoms with van der Waals surface area (Å²) >= 11 is 3.44. The fourth-order valence-electron chi connectivity index (χ4n) is 2.74. The average molecular weight is 335 g/mol.